The van der Waals surface area contributed by atoms with Crippen molar-refractivity contribution >= 4 is 17.6 Å². The summed E-state index contributed by atoms with van der Waals surface area (Å²) in [6.45, 7) is 3.62. The Balaban J connectivity index is 1.47. The number of ether oxygens (including phenoxy) is 3. The second-order valence-corrected chi connectivity index (χ2v) is 8.12. The third kappa shape index (κ3) is 5.88. The first-order valence-electron chi connectivity index (χ1n) is 11.5. The van der Waals surface area contributed by atoms with Gasteiger partial charge in [0.2, 0.25) is 0 Å². The van der Waals surface area contributed by atoms with Gasteiger partial charge in [0, 0.05) is 18.6 Å². The molecule has 1 fully saturated rings. The van der Waals surface area contributed by atoms with Gasteiger partial charge in [-0.25, -0.2) is 0 Å². The normalized spacial score (nSPS) is 17.2. The Hall–Kier alpha value is -2.87. The molecule has 2 aliphatic rings. The fourth-order valence-electron chi connectivity index (χ4n) is 4.20. The lowest BCUT2D eigenvalue weighted by Crippen LogP contribution is -2.22. The average Bonchev–Trinajstić information content (AvgIpc) is 2.96. The first kappa shape index (κ1) is 22.3. The number of hydrogen-bond acceptors (Lipinski definition) is 4. The number of fused-ring (bicyclic) bond motifs is 2. The van der Waals surface area contributed by atoms with Crippen molar-refractivity contribution in [1.82, 2.24) is 0 Å². The number of esters is 1. The second kappa shape index (κ2) is 11.1. The Kier molecular flexibility index (Phi) is 7.77. The van der Waals surface area contributed by atoms with Crippen molar-refractivity contribution in [2.75, 3.05) is 19.8 Å². The number of carbonyl (C=O) groups excluding carboxylic acids is 1. The predicted molar refractivity (Wildman–Crippen MR) is 126 cm³/mol. The molecule has 0 N–H and O–H groups in total. The van der Waals surface area contributed by atoms with Crippen molar-refractivity contribution < 1.29 is 19.0 Å². The number of benzene rings is 2. The van der Waals surface area contributed by atoms with Crippen molar-refractivity contribution in [1.29, 1.82) is 0 Å². The topological polar surface area (TPSA) is 44.8 Å². The van der Waals surface area contributed by atoms with Gasteiger partial charge in [0.25, 0.3) is 0 Å². The first-order chi connectivity index (χ1) is 15.7. The van der Waals surface area contributed by atoms with Crippen LogP contribution in [-0.4, -0.2) is 32.1 Å². The average molecular weight is 431 g/mol. The van der Waals surface area contributed by atoms with Crippen LogP contribution in [0, 0.1) is 11.8 Å². The lowest BCUT2D eigenvalue weighted by Gasteiger charge is -2.22. The zero-order chi connectivity index (χ0) is 22.2. The summed E-state index contributed by atoms with van der Waals surface area (Å²) >= 11 is 0. The monoisotopic (exact) mass is 430 g/mol. The maximum atomic E-state index is 12.2. The van der Waals surface area contributed by atoms with Gasteiger partial charge in [0.1, 0.15) is 0 Å². The first-order valence-corrected chi connectivity index (χ1v) is 11.5. The highest BCUT2D eigenvalue weighted by Gasteiger charge is 2.18. The molecule has 0 radical (unpaired) electrons. The van der Waals surface area contributed by atoms with Crippen LogP contribution < -0.4 is 0 Å². The Morgan fingerprint density at radius 3 is 2.91 bits per heavy atom. The lowest BCUT2D eigenvalue weighted by atomic mass is 9.96. The SMILES string of the molecule is CCOC(=O)CC1=Cc2ccc(C#CCCOC3CCCCO3)cc2Cc2ccccc21. The Bertz CT molecular complexity index is 1030. The van der Waals surface area contributed by atoms with Gasteiger partial charge in [-0.3, -0.25) is 4.79 Å². The molecule has 0 saturated carbocycles. The third-order valence-electron chi connectivity index (χ3n) is 5.76. The molecule has 4 nitrogen and oxygen atoms in total. The molecule has 2 aromatic rings. The van der Waals surface area contributed by atoms with Crippen molar-refractivity contribution in [3.8, 4) is 11.8 Å². The van der Waals surface area contributed by atoms with Gasteiger partial charge in [0.15, 0.2) is 6.29 Å². The van der Waals surface area contributed by atoms with E-state index in [2.05, 4.69) is 42.2 Å². The predicted octanol–water partition coefficient (Wildman–Crippen LogP) is 5.37. The van der Waals surface area contributed by atoms with Gasteiger partial charge in [-0.2, -0.15) is 0 Å². The van der Waals surface area contributed by atoms with Crippen LogP contribution in [0.2, 0.25) is 0 Å². The Morgan fingerprint density at radius 1 is 1.16 bits per heavy atom. The highest BCUT2D eigenvalue weighted by molar-refractivity contribution is 5.94. The van der Waals surface area contributed by atoms with Gasteiger partial charge in [-0.05, 0) is 72.6 Å². The van der Waals surface area contributed by atoms with E-state index < -0.39 is 0 Å². The largest absolute Gasteiger partial charge is 0.466 e. The fraction of sp³-hybridized carbons (Fsp3) is 0.393. The highest BCUT2D eigenvalue weighted by Crippen LogP contribution is 2.32. The number of carbonyl (C=O) groups is 1. The quantitative estimate of drug-likeness (QED) is 0.351. The summed E-state index contributed by atoms with van der Waals surface area (Å²) in [5.74, 6) is 6.30. The van der Waals surface area contributed by atoms with Crippen LogP contribution >= 0.6 is 0 Å². The van der Waals surface area contributed by atoms with E-state index in [4.69, 9.17) is 14.2 Å². The van der Waals surface area contributed by atoms with E-state index in [1.165, 1.54) is 17.5 Å². The van der Waals surface area contributed by atoms with E-state index in [1.54, 1.807) is 0 Å². The molecule has 4 rings (SSSR count). The minimum Gasteiger partial charge on any atom is -0.466 e. The van der Waals surface area contributed by atoms with Gasteiger partial charge >= 0.3 is 5.97 Å². The van der Waals surface area contributed by atoms with E-state index in [-0.39, 0.29) is 18.7 Å². The summed E-state index contributed by atoms with van der Waals surface area (Å²) in [5, 5.41) is 0. The molecule has 1 unspecified atom stereocenters. The number of hydrogen-bond donors (Lipinski definition) is 0. The molecule has 0 bridgehead atoms. The minimum atomic E-state index is -0.194. The zero-order valence-corrected chi connectivity index (χ0v) is 18.7. The summed E-state index contributed by atoms with van der Waals surface area (Å²) in [7, 11) is 0. The Morgan fingerprint density at radius 2 is 2.06 bits per heavy atom. The van der Waals surface area contributed by atoms with Crippen molar-refractivity contribution in [3.63, 3.8) is 0 Å². The van der Waals surface area contributed by atoms with Crippen molar-refractivity contribution in [3.05, 3.63) is 70.3 Å². The van der Waals surface area contributed by atoms with E-state index in [9.17, 15) is 4.79 Å². The molecule has 1 heterocycles. The van der Waals surface area contributed by atoms with Crippen LogP contribution in [0.25, 0.3) is 11.6 Å². The van der Waals surface area contributed by atoms with Crippen LogP contribution in [0.15, 0.2) is 42.5 Å². The molecule has 1 aliphatic heterocycles. The standard InChI is InChI=1S/C28H30O4/c1-2-30-27(29)20-25-18-22-14-13-21(9-5-7-15-31-28-12-6-8-16-32-28)17-24(22)19-23-10-3-4-11-26(23)25/h3-4,10-11,13-14,17-18,28H,2,6-8,12,15-16,19-20H2,1H3. The van der Waals surface area contributed by atoms with Crippen LogP contribution in [0.4, 0.5) is 0 Å². The minimum absolute atomic E-state index is 0.0614. The Labute approximate surface area is 190 Å². The molecule has 32 heavy (non-hydrogen) atoms. The molecule has 2 aromatic carbocycles. The number of rotatable bonds is 6. The molecule has 4 heteroatoms. The summed E-state index contributed by atoms with van der Waals surface area (Å²) in [6.07, 6.45) is 7.10. The lowest BCUT2D eigenvalue weighted by molar-refractivity contribution is -0.161. The molecule has 1 atom stereocenters. The fourth-order valence-corrected chi connectivity index (χ4v) is 4.20. The summed E-state index contributed by atoms with van der Waals surface area (Å²) in [5.41, 5.74) is 6.68. The molecular weight excluding hydrogens is 400 g/mol. The molecular formula is C28H30O4. The van der Waals surface area contributed by atoms with Crippen molar-refractivity contribution in [2.24, 2.45) is 0 Å². The maximum Gasteiger partial charge on any atom is 0.310 e. The molecule has 0 aromatic heterocycles. The van der Waals surface area contributed by atoms with Crippen LogP contribution in [0.1, 0.15) is 66.8 Å². The van der Waals surface area contributed by atoms with E-state index in [1.807, 2.05) is 25.1 Å². The molecule has 0 spiro atoms. The van der Waals surface area contributed by atoms with Gasteiger partial charge < -0.3 is 14.2 Å². The molecule has 0 amide bonds. The van der Waals surface area contributed by atoms with Crippen LogP contribution in [0.5, 0.6) is 0 Å². The maximum absolute atomic E-state index is 12.2. The summed E-state index contributed by atoms with van der Waals surface area (Å²) in [6, 6.07) is 14.6. The zero-order valence-electron chi connectivity index (χ0n) is 18.7. The molecule has 166 valence electrons. The van der Waals surface area contributed by atoms with Crippen molar-refractivity contribution in [2.45, 2.75) is 51.7 Å². The van der Waals surface area contributed by atoms with Gasteiger partial charge in [0.05, 0.1) is 19.6 Å². The van der Waals surface area contributed by atoms with E-state index >= 15 is 0 Å². The van der Waals surface area contributed by atoms with Crippen LogP contribution in [0.3, 0.4) is 0 Å². The second-order valence-electron chi connectivity index (χ2n) is 8.12. The van der Waals surface area contributed by atoms with E-state index in [0.717, 1.165) is 48.1 Å². The third-order valence-corrected chi connectivity index (χ3v) is 5.76. The molecule has 1 saturated heterocycles. The molecule has 1 aliphatic carbocycles. The smallest absolute Gasteiger partial charge is 0.310 e. The summed E-state index contributed by atoms with van der Waals surface area (Å²) < 4.78 is 16.5. The van der Waals surface area contributed by atoms with Gasteiger partial charge in [-0.15, -0.1) is 0 Å². The van der Waals surface area contributed by atoms with E-state index in [0.29, 0.717) is 19.6 Å². The highest BCUT2D eigenvalue weighted by atomic mass is 16.7. The van der Waals surface area contributed by atoms with Crippen LogP contribution in [-0.2, 0) is 25.4 Å². The van der Waals surface area contributed by atoms with Gasteiger partial charge in [-0.1, -0.05) is 48.2 Å². The summed E-state index contributed by atoms with van der Waals surface area (Å²) in [4.78, 5) is 12.2.